The lowest BCUT2D eigenvalue weighted by Crippen LogP contribution is -2.17. The molecule has 4 nitrogen and oxygen atoms in total. The van der Waals surface area contributed by atoms with Crippen LogP contribution in [-0.4, -0.2) is 11.8 Å². The number of rotatable bonds is 4. The van der Waals surface area contributed by atoms with Crippen LogP contribution in [0.25, 0.3) is 0 Å². The fourth-order valence-corrected chi connectivity index (χ4v) is 2.29. The lowest BCUT2D eigenvalue weighted by atomic mass is 10.1. The van der Waals surface area contributed by atoms with E-state index in [2.05, 4.69) is 5.16 Å². The summed E-state index contributed by atoms with van der Waals surface area (Å²) in [4.78, 5) is 16.7. The number of carbonyl (C=O) groups excluding carboxylic acids is 1. The molecule has 2 N–H and O–H groups in total. The number of carbonyl (C=O) groups is 1. The van der Waals surface area contributed by atoms with Crippen molar-refractivity contribution in [2.45, 2.75) is 13.3 Å². The zero-order valence-corrected chi connectivity index (χ0v) is 13.4. The normalized spacial score (nSPS) is 11.3. The molecule has 0 bridgehead atoms. The van der Waals surface area contributed by atoms with Crippen LogP contribution in [-0.2, 0) is 11.3 Å². The van der Waals surface area contributed by atoms with Crippen LogP contribution in [0.5, 0.6) is 0 Å². The lowest BCUT2D eigenvalue weighted by molar-refractivity contribution is 0.0515. The van der Waals surface area contributed by atoms with Crippen molar-refractivity contribution < 1.29 is 9.63 Å². The number of hydrogen-bond donors (Lipinski definition) is 1. The molecule has 2 rings (SSSR count). The molecular weight excluding hydrogens is 323 g/mol. The number of halogens is 2. The zero-order valence-electron chi connectivity index (χ0n) is 11.8. The van der Waals surface area contributed by atoms with Gasteiger partial charge in [-0.1, -0.05) is 52.1 Å². The number of aryl methyl sites for hydroxylation is 1. The van der Waals surface area contributed by atoms with Gasteiger partial charge in [-0.05, 0) is 36.8 Å². The van der Waals surface area contributed by atoms with Gasteiger partial charge in [-0.15, -0.1) is 0 Å². The largest absolute Gasteiger partial charge is 0.384 e. The summed E-state index contributed by atoms with van der Waals surface area (Å²) in [5, 5.41) is 4.66. The van der Waals surface area contributed by atoms with Gasteiger partial charge in [0.05, 0.1) is 5.56 Å². The molecule has 0 aliphatic carbocycles. The Labute approximate surface area is 138 Å². The molecule has 22 heavy (non-hydrogen) atoms. The fourth-order valence-electron chi connectivity index (χ4n) is 1.82. The van der Waals surface area contributed by atoms with E-state index in [0.29, 0.717) is 15.6 Å². The van der Waals surface area contributed by atoms with Gasteiger partial charge in [0.15, 0.2) is 0 Å². The molecule has 0 amide bonds. The average molecular weight is 337 g/mol. The number of hydrogen-bond acceptors (Lipinski definition) is 3. The number of amidine groups is 1. The predicted molar refractivity (Wildman–Crippen MR) is 88.4 cm³/mol. The summed E-state index contributed by atoms with van der Waals surface area (Å²) in [6, 6.07) is 12.1. The van der Waals surface area contributed by atoms with E-state index in [9.17, 15) is 4.79 Å². The second kappa shape index (κ2) is 7.29. The highest BCUT2D eigenvalue weighted by atomic mass is 35.5. The number of benzene rings is 2. The van der Waals surface area contributed by atoms with Crippen LogP contribution >= 0.6 is 23.2 Å². The maximum absolute atomic E-state index is 11.8. The van der Waals surface area contributed by atoms with Crippen molar-refractivity contribution in [3.63, 3.8) is 0 Å². The Bertz CT molecular complexity index is 730. The third-order valence-corrected chi connectivity index (χ3v) is 3.47. The smallest absolute Gasteiger partial charge is 0.365 e. The van der Waals surface area contributed by atoms with E-state index in [4.69, 9.17) is 33.8 Å². The Morgan fingerprint density at radius 1 is 1.23 bits per heavy atom. The summed E-state index contributed by atoms with van der Waals surface area (Å²) in [7, 11) is 0. The molecule has 0 radical (unpaired) electrons. The van der Waals surface area contributed by atoms with Crippen molar-refractivity contribution >= 4 is 35.0 Å². The highest BCUT2D eigenvalue weighted by Gasteiger charge is 2.08. The molecule has 6 heteroatoms. The minimum Gasteiger partial charge on any atom is -0.384 e. The molecule has 0 spiro atoms. The highest BCUT2D eigenvalue weighted by Crippen LogP contribution is 2.21. The minimum absolute atomic E-state index is 0.144. The molecule has 0 unspecified atom stereocenters. The quantitative estimate of drug-likeness (QED) is 0.397. The molecule has 2 aromatic carbocycles. The molecule has 114 valence electrons. The first-order chi connectivity index (χ1) is 10.5. The Morgan fingerprint density at radius 2 is 2.00 bits per heavy atom. The molecule has 2 aromatic rings. The van der Waals surface area contributed by atoms with E-state index >= 15 is 0 Å². The van der Waals surface area contributed by atoms with Gasteiger partial charge in [-0.3, -0.25) is 0 Å². The van der Waals surface area contributed by atoms with Gasteiger partial charge >= 0.3 is 5.97 Å². The highest BCUT2D eigenvalue weighted by molar-refractivity contribution is 6.35. The Balaban J connectivity index is 2.02. The van der Waals surface area contributed by atoms with Gasteiger partial charge in [0, 0.05) is 16.5 Å². The Kier molecular flexibility index (Phi) is 5.41. The molecule has 0 saturated carbocycles. The van der Waals surface area contributed by atoms with Gasteiger partial charge in [0.25, 0.3) is 0 Å². The van der Waals surface area contributed by atoms with Crippen LogP contribution < -0.4 is 5.73 Å². The van der Waals surface area contributed by atoms with Gasteiger partial charge in [0.2, 0.25) is 0 Å². The SMILES string of the molecule is Cc1cccc(C(=O)ON=C(N)Cc2ccc(Cl)cc2Cl)c1. The third-order valence-electron chi connectivity index (χ3n) is 2.89. The Hall–Kier alpha value is -2.04. The first kappa shape index (κ1) is 16.3. The number of nitrogens with zero attached hydrogens (tertiary/aromatic N) is 1. The second-order valence-corrected chi connectivity index (χ2v) is 5.59. The molecule has 0 fully saturated rings. The van der Waals surface area contributed by atoms with Crippen molar-refractivity contribution in [3.8, 4) is 0 Å². The minimum atomic E-state index is -0.561. The second-order valence-electron chi connectivity index (χ2n) is 4.74. The third kappa shape index (κ3) is 4.48. The zero-order chi connectivity index (χ0) is 16.1. The Morgan fingerprint density at radius 3 is 2.68 bits per heavy atom. The van der Waals surface area contributed by atoms with Gasteiger partial charge in [-0.25, -0.2) is 4.79 Å². The van der Waals surface area contributed by atoms with Crippen LogP contribution in [0.15, 0.2) is 47.6 Å². The fraction of sp³-hybridized carbons (Fsp3) is 0.125. The van der Waals surface area contributed by atoms with Crippen LogP contribution in [0.4, 0.5) is 0 Å². The van der Waals surface area contributed by atoms with Crippen molar-refractivity contribution in [3.05, 3.63) is 69.2 Å². The van der Waals surface area contributed by atoms with Crippen LogP contribution in [0.1, 0.15) is 21.5 Å². The summed E-state index contributed by atoms with van der Waals surface area (Å²) >= 11 is 11.9. The van der Waals surface area contributed by atoms with Gasteiger partial charge in [-0.2, -0.15) is 0 Å². The monoisotopic (exact) mass is 336 g/mol. The van der Waals surface area contributed by atoms with Crippen molar-refractivity contribution in [2.24, 2.45) is 10.9 Å². The first-order valence-corrected chi connectivity index (χ1v) is 7.25. The van der Waals surface area contributed by atoms with E-state index in [1.807, 2.05) is 13.0 Å². The van der Waals surface area contributed by atoms with E-state index in [1.165, 1.54) is 0 Å². The van der Waals surface area contributed by atoms with Crippen LogP contribution in [0, 0.1) is 6.92 Å². The van der Waals surface area contributed by atoms with E-state index < -0.39 is 5.97 Å². The number of oxime groups is 1. The predicted octanol–water partition coefficient (Wildman–Crippen LogP) is 3.97. The van der Waals surface area contributed by atoms with E-state index in [-0.39, 0.29) is 12.3 Å². The van der Waals surface area contributed by atoms with E-state index in [0.717, 1.165) is 11.1 Å². The molecule has 0 aliphatic heterocycles. The summed E-state index contributed by atoms with van der Waals surface area (Å²) in [5.41, 5.74) is 7.87. The van der Waals surface area contributed by atoms with Crippen LogP contribution in [0.2, 0.25) is 10.0 Å². The standard InChI is InChI=1S/C16H14Cl2N2O2/c1-10-3-2-4-12(7-10)16(21)22-20-15(19)8-11-5-6-13(17)9-14(11)18/h2-7,9H,8H2,1H3,(H2,19,20). The number of nitrogens with two attached hydrogens (primary N) is 1. The summed E-state index contributed by atoms with van der Waals surface area (Å²) in [5.74, 6) is -0.418. The van der Waals surface area contributed by atoms with Gasteiger partial charge < -0.3 is 10.6 Å². The van der Waals surface area contributed by atoms with Gasteiger partial charge in [0.1, 0.15) is 5.84 Å². The molecule has 0 aromatic heterocycles. The first-order valence-electron chi connectivity index (χ1n) is 6.50. The average Bonchev–Trinajstić information content (AvgIpc) is 2.47. The summed E-state index contributed by atoms with van der Waals surface area (Å²) in [6.07, 6.45) is 0.261. The molecule has 0 atom stereocenters. The van der Waals surface area contributed by atoms with Crippen LogP contribution in [0.3, 0.4) is 0 Å². The maximum Gasteiger partial charge on any atom is 0.365 e. The molecule has 0 saturated heterocycles. The summed E-state index contributed by atoms with van der Waals surface area (Å²) < 4.78 is 0. The van der Waals surface area contributed by atoms with Crippen molar-refractivity contribution in [1.82, 2.24) is 0 Å². The van der Waals surface area contributed by atoms with E-state index in [1.54, 1.807) is 36.4 Å². The molecule has 0 aliphatic rings. The molecular formula is C16H14Cl2N2O2. The lowest BCUT2D eigenvalue weighted by Gasteiger charge is -2.04. The topological polar surface area (TPSA) is 64.7 Å². The van der Waals surface area contributed by atoms with Crippen molar-refractivity contribution in [2.75, 3.05) is 0 Å². The maximum atomic E-state index is 11.8. The summed E-state index contributed by atoms with van der Waals surface area (Å²) in [6.45, 7) is 1.89. The molecule has 0 heterocycles. The van der Waals surface area contributed by atoms with Crippen molar-refractivity contribution in [1.29, 1.82) is 0 Å².